The Labute approximate surface area is 458 Å². The van der Waals surface area contributed by atoms with E-state index in [-0.39, 0.29) is 23.3 Å². The highest BCUT2D eigenvalue weighted by atomic mass is 79.9. The minimum atomic E-state index is -1.16. The van der Waals surface area contributed by atoms with Crippen LogP contribution in [0, 0.1) is 11.6 Å². The number of rotatable bonds is 18. The predicted molar refractivity (Wildman–Crippen MR) is 308 cm³/mol. The predicted octanol–water partition coefficient (Wildman–Crippen LogP) is 12.7. The van der Waals surface area contributed by atoms with Crippen molar-refractivity contribution in [2.75, 3.05) is 75.6 Å². The molecule has 2 aliphatic carbocycles. The summed E-state index contributed by atoms with van der Waals surface area (Å²) >= 11 is 3.45. The fourth-order valence-corrected chi connectivity index (χ4v) is 10.3. The summed E-state index contributed by atoms with van der Waals surface area (Å²) in [6.07, 6.45) is 9.84. The van der Waals surface area contributed by atoms with Gasteiger partial charge >= 0.3 is 0 Å². The Hall–Kier alpha value is -7.72. The van der Waals surface area contributed by atoms with Crippen molar-refractivity contribution in [2.24, 2.45) is 0 Å². The van der Waals surface area contributed by atoms with Gasteiger partial charge in [-0.2, -0.15) is 0 Å². The number of unbranched alkanes of at least 4 members (excludes halogenated alkanes) is 2. The summed E-state index contributed by atoms with van der Waals surface area (Å²) in [5, 5.41) is 12.4. The first-order chi connectivity index (χ1) is 37.4. The fraction of sp³-hybridized carbons (Fsp3) is 0.258. The number of halogens is 3. The van der Waals surface area contributed by atoms with Crippen LogP contribution in [0.2, 0.25) is 0 Å². The smallest absolute Gasteiger partial charge is 0.258 e. The Balaban J connectivity index is 0.000000188. The summed E-state index contributed by atoms with van der Waals surface area (Å²) in [5.41, 5.74) is 12.7. The molecule has 0 bridgehead atoms. The normalized spacial score (nSPS) is 14.0. The van der Waals surface area contributed by atoms with Gasteiger partial charge in [0.05, 0.1) is 22.5 Å². The number of hydrogen-bond donors (Lipinski definition) is 4. The maximum atomic E-state index is 14.0. The van der Waals surface area contributed by atoms with Crippen molar-refractivity contribution in [1.82, 2.24) is 29.7 Å². The van der Waals surface area contributed by atoms with E-state index in [1.165, 1.54) is 28.8 Å². The van der Waals surface area contributed by atoms with Crippen LogP contribution < -0.4 is 21.3 Å². The zero-order valence-corrected chi connectivity index (χ0v) is 45.4. The van der Waals surface area contributed by atoms with E-state index in [9.17, 15) is 18.4 Å². The second kappa shape index (κ2) is 25.4. The second-order valence-electron chi connectivity index (χ2n) is 19.9. The topological polar surface area (TPSA) is 140 Å². The average Bonchev–Trinajstić information content (AvgIpc) is 3.48. The monoisotopic (exact) mass is 1100 g/mol. The van der Waals surface area contributed by atoms with Gasteiger partial charge in [0.25, 0.3) is 11.8 Å². The van der Waals surface area contributed by atoms with E-state index in [0.29, 0.717) is 23.1 Å². The molecule has 2 aliphatic rings. The molecule has 15 heteroatoms. The van der Waals surface area contributed by atoms with Crippen LogP contribution in [0.1, 0.15) is 91.6 Å². The number of benzene rings is 6. The maximum Gasteiger partial charge on any atom is 0.258 e. The molecular formula is C62H63BrF2N10O2. The Morgan fingerprint density at radius 2 is 0.987 bits per heavy atom. The molecule has 0 fully saturated rings. The van der Waals surface area contributed by atoms with Gasteiger partial charge in [0.2, 0.25) is 11.9 Å². The number of carbonyl (C=O) groups is 2. The van der Waals surface area contributed by atoms with Gasteiger partial charge in [0.15, 0.2) is 11.6 Å². The molecule has 2 unspecified atom stereocenters. The minimum absolute atomic E-state index is 0.0903. The summed E-state index contributed by atoms with van der Waals surface area (Å²) in [5.74, 6) is -1.44. The number of carbonyl (C=O) groups excluding carboxylic acids is 2. The second-order valence-corrected chi connectivity index (χ2v) is 20.8. The van der Waals surface area contributed by atoms with E-state index < -0.39 is 17.5 Å². The third-order valence-electron chi connectivity index (χ3n) is 13.8. The standard InChI is InChI=1S/C31H32BrN5O.C31H31F2N5O/c1-37(2)18-8-7-17-33-31-34-20-22-19-27(24-9-3-4-10-25(24)29(22)36-31)21-13-15-23(16-14-21)35-30(38)26-11-5-6-12-28(26)32;1-38(2)17-6-5-16-34-31-35-19-21-18-26(23-8-3-4-9-24(23)29(21)37-31)20-12-14-22(15-13-20)36-30(39)25-10-7-11-27(32)28(25)33/h3-6,9-16,20,27H,7-8,17-19H2,1-2H3,(H,35,38)(H,33,34,36);3-4,7-15,19,26H,5-6,16-18H2,1-2H3,(H,36,39)(H,34,35,37). The number of fused-ring (bicyclic) bond motifs is 6. The van der Waals surface area contributed by atoms with Crippen molar-refractivity contribution in [2.45, 2.75) is 50.4 Å². The quantitative estimate of drug-likeness (QED) is 0.0614. The van der Waals surface area contributed by atoms with Gasteiger partial charge in [-0.25, -0.2) is 28.7 Å². The number of hydrogen-bond acceptors (Lipinski definition) is 10. The Morgan fingerprint density at radius 1 is 0.545 bits per heavy atom. The van der Waals surface area contributed by atoms with Gasteiger partial charge in [-0.1, -0.05) is 91.0 Å². The molecule has 2 heterocycles. The molecule has 394 valence electrons. The summed E-state index contributed by atoms with van der Waals surface area (Å²) in [4.78, 5) is 48.6. The van der Waals surface area contributed by atoms with Gasteiger partial charge in [-0.05, 0) is 178 Å². The molecule has 10 rings (SSSR count). The van der Waals surface area contributed by atoms with E-state index in [1.807, 2.05) is 67.0 Å². The van der Waals surface area contributed by atoms with Crippen LogP contribution in [0.15, 0.2) is 156 Å². The largest absolute Gasteiger partial charge is 0.354 e. The van der Waals surface area contributed by atoms with Crippen LogP contribution in [-0.2, 0) is 12.8 Å². The van der Waals surface area contributed by atoms with Gasteiger partial charge in [-0.15, -0.1) is 0 Å². The molecule has 0 radical (unpaired) electrons. The van der Waals surface area contributed by atoms with Gasteiger partial charge in [0, 0.05) is 64.3 Å². The molecule has 0 aliphatic heterocycles. The molecular weight excluding hydrogens is 1030 g/mol. The highest BCUT2D eigenvalue weighted by Gasteiger charge is 2.29. The van der Waals surface area contributed by atoms with Crippen LogP contribution >= 0.6 is 15.9 Å². The van der Waals surface area contributed by atoms with Crippen molar-refractivity contribution < 1.29 is 18.4 Å². The van der Waals surface area contributed by atoms with E-state index in [4.69, 9.17) is 9.97 Å². The zero-order chi connectivity index (χ0) is 53.8. The number of aromatic nitrogens is 4. The highest BCUT2D eigenvalue weighted by Crippen LogP contribution is 2.44. The molecule has 2 atom stereocenters. The first-order valence-electron chi connectivity index (χ1n) is 26.1. The van der Waals surface area contributed by atoms with Crippen LogP contribution in [0.3, 0.4) is 0 Å². The lowest BCUT2D eigenvalue weighted by molar-refractivity contribution is 0.101. The van der Waals surface area contributed by atoms with Gasteiger partial charge in [-0.3, -0.25) is 9.59 Å². The lowest BCUT2D eigenvalue weighted by Gasteiger charge is -2.27. The van der Waals surface area contributed by atoms with Crippen LogP contribution in [0.25, 0.3) is 22.5 Å². The van der Waals surface area contributed by atoms with Crippen LogP contribution in [0.5, 0.6) is 0 Å². The van der Waals surface area contributed by atoms with Crippen molar-refractivity contribution in [3.8, 4) is 22.5 Å². The van der Waals surface area contributed by atoms with E-state index >= 15 is 0 Å². The lowest BCUT2D eigenvalue weighted by Crippen LogP contribution is -2.17. The average molecular weight is 1100 g/mol. The van der Waals surface area contributed by atoms with E-state index in [0.717, 1.165) is 120 Å². The fourth-order valence-electron chi connectivity index (χ4n) is 9.86. The molecule has 0 saturated carbocycles. The van der Waals surface area contributed by atoms with Crippen LogP contribution in [0.4, 0.5) is 32.1 Å². The molecule has 2 aromatic heterocycles. The number of nitrogens with one attached hydrogen (secondary N) is 4. The SMILES string of the molecule is CN(C)CCCCNc1ncc2c(n1)-c1ccccc1C(c1ccc(NC(=O)c3cccc(F)c3F)cc1)C2.CN(C)CCCCNc1ncc2c(n1)-c1ccccc1C(c1ccc(NC(=O)c3ccccc3Br)cc1)C2. The Bertz CT molecular complexity index is 3340. The van der Waals surface area contributed by atoms with Gasteiger partial charge < -0.3 is 31.1 Å². The molecule has 77 heavy (non-hydrogen) atoms. The summed E-state index contributed by atoms with van der Waals surface area (Å²) < 4.78 is 28.3. The summed E-state index contributed by atoms with van der Waals surface area (Å²) in [6, 6.07) is 43.4. The van der Waals surface area contributed by atoms with Crippen molar-refractivity contribution in [3.63, 3.8) is 0 Å². The molecule has 12 nitrogen and oxygen atoms in total. The highest BCUT2D eigenvalue weighted by molar-refractivity contribution is 9.10. The van der Waals surface area contributed by atoms with Gasteiger partial charge in [0.1, 0.15) is 0 Å². The molecule has 4 N–H and O–H groups in total. The number of amides is 2. The summed E-state index contributed by atoms with van der Waals surface area (Å²) in [7, 11) is 8.35. The zero-order valence-electron chi connectivity index (χ0n) is 43.8. The maximum absolute atomic E-state index is 14.0. The molecule has 8 aromatic rings. The number of anilines is 4. The third-order valence-corrected chi connectivity index (χ3v) is 14.5. The first kappa shape index (κ1) is 54.1. The molecule has 0 spiro atoms. The van der Waals surface area contributed by atoms with E-state index in [2.05, 4.69) is 134 Å². The Morgan fingerprint density at radius 3 is 1.47 bits per heavy atom. The van der Waals surface area contributed by atoms with Crippen molar-refractivity contribution >= 4 is 51.0 Å². The molecule has 6 aromatic carbocycles. The minimum Gasteiger partial charge on any atom is -0.354 e. The summed E-state index contributed by atoms with van der Waals surface area (Å²) in [6.45, 7) is 3.83. The molecule has 0 saturated heterocycles. The Kier molecular flexibility index (Phi) is 17.9. The van der Waals surface area contributed by atoms with Crippen molar-refractivity contribution in [1.29, 1.82) is 0 Å². The lowest BCUT2D eigenvalue weighted by atomic mass is 9.78. The first-order valence-corrected chi connectivity index (χ1v) is 26.9. The van der Waals surface area contributed by atoms with E-state index in [1.54, 1.807) is 18.2 Å². The molecule has 2 amide bonds. The van der Waals surface area contributed by atoms with Crippen LogP contribution in [-0.4, -0.2) is 95.9 Å². The third kappa shape index (κ3) is 13.5. The number of nitrogens with zero attached hydrogens (tertiary/aromatic N) is 6. The van der Waals surface area contributed by atoms with Crippen molar-refractivity contribution in [3.05, 3.63) is 213 Å².